The van der Waals surface area contributed by atoms with E-state index in [0.717, 1.165) is 17.7 Å². The van der Waals surface area contributed by atoms with Gasteiger partial charge in [0, 0.05) is 11.4 Å². The summed E-state index contributed by atoms with van der Waals surface area (Å²) in [4.78, 5) is 0. The highest BCUT2D eigenvalue weighted by Crippen LogP contribution is 2.42. The molecule has 1 heterocycles. The van der Waals surface area contributed by atoms with E-state index < -0.39 is 5.79 Å². The lowest BCUT2D eigenvalue weighted by atomic mass is 10.1. The van der Waals surface area contributed by atoms with Crippen LogP contribution in [0, 0.1) is 0 Å². The maximum absolute atomic E-state index is 6.46. The highest BCUT2D eigenvalue weighted by Gasteiger charge is 2.41. The van der Waals surface area contributed by atoms with Crippen molar-refractivity contribution in [2.45, 2.75) is 19.1 Å². The van der Waals surface area contributed by atoms with Gasteiger partial charge in [0.25, 0.3) is 5.79 Å². The van der Waals surface area contributed by atoms with Gasteiger partial charge in [-0.05, 0) is 42.5 Å². The first-order valence-electron chi connectivity index (χ1n) is 7.41. The van der Waals surface area contributed by atoms with E-state index >= 15 is 0 Å². The number of allylic oxidation sites excluding steroid dienone is 1. The number of hydrogen-bond donors (Lipinski definition) is 0. The molecule has 0 aliphatic carbocycles. The number of alkyl halides is 1. The molecule has 3 nitrogen and oxygen atoms in total. The van der Waals surface area contributed by atoms with E-state index in [0.29, 0.717) is 26.9 Å². The van der Waals surface area contributed by atoms with E-state index in [2.05, 4.69) is 15.9 Å². The van der Waals surface area contributed by atoms with Gasteiger partial charge in [-0.3, -0.25) is 0 Å². The zero-order valence-corrected chi connectivity index (χ0v) is 16.0. The molecule has 3 rings (SSSR count). The van der Waals surface area contributed by atoms with Gasteiger partial charge in [-0.25, -0.2) is 0 Å². The molecule has 0 aromatic heterocycles. The van der Waals surface area contributed by atoms with E-state index in [1.165, 1.54) is 0 Å². The Kier molecular flexibility index (Phi) is 5.28. The molecule has 0 N–H and O–H groups in total. The van der Waals surface area contributed by atoms with Crippen molar-refractivity contribution >= 4 is 39.1 Å². The molecule has 0 spiro atoms. The van der Waals surface area contributed by atoms with Gasteiger partial charge in [-0.2, -0.15) is 0 Å². The van der Waals surface area contributed by atoms with Crippen molar-refractivity contribution in [2.24, 2.45) is 0 Å². The zero-order valence-electron chi connectivity index (χ0n) is 12.9. The summed E-state index contributed by atoms with van der Waals surface area (Å²) in [5.41, 5.74) is 0.740. The van der Waals surface area contributed by atoms with E-state index in [9.17, 15) is 0 Å². The van der Waals surface area contributed by atoms with Gasteiger partial charge in [0.1, 0.15) is 23.5 Å². The van der Waals surface area contributed by atoms with Crippen LogP contribution in [-0.2, 0) is 15.3 Å². The molecule has 1 unspecified atom stereocenters. The maximum Gasteiger partial charge on any atom is 0.288 e. The first-order valence-corrected chi connectivity index (χ1v) is 9.29. The van der Waals surface area contributed by atoms with E-state index in [1.807, 2.05) is 19.1 Å². The van der Waals surface area contributed by atoms with E-state index in [4.69, 9.17) is 37.4 Å². The molecule has 0 saturated carbocycles. The minimum atomic E-state index is -0.943. The summed E-state index contributed by atoms with van der Waals surface area (Å²) in [6.07, 6.45) is 2.39. The monoisotopic (exact) mass is 428 g/mol. The molecule has 24 heavy (non-hydrogen) atoms. The van der Waals surface area contributed by atoms with Crippen LogP contribution in [-0.4, -0.2) is 5.33 Å². The molecular formula is C18H15BrCl2O3. The summed E-state index contributed by atoms with van der Waals surface area (Å²) in [5, 5.41) is 1.62. The van der Waals surface area contributed by atoms with Crippen molar-refractivity contribution in [3.05, 3.63) is 70.1 Å². The lowest BCUT2D eigenvalue weighted by Gasteiger charge is -2.28. The Hall–Kier alpha value is -1.36. The second-order valence-electron chi connectivity index (χ2n) is 5.24. The number of rotatable bonds is 5. The van der Waals surface area contributed by atoms with Crippen LogP contribution in [0.15, 0.2) is 54.5 Å². The minimum Gasteiger partial charge on any atom is -0.457 e. The minimum absolute atomic E-state index is 0.455. The van der Waals surface area contributed by atoms with E-state index in [-0.39, 0.29) is 0 Å². The molecule has 6 heteroatoms. The van der Waals surface area contributed by atoms with Gasteiger partial charge in [-0.15, -0.1) is 0 Å². The molecule has 2 aromatic rings. The smallest absolute Gasteiger partial charge is 0.288 e. The van der Waals surface area contributed by atoms with E-state index in [1.54, 1.807) is 36.6 Å². The molecule has 1 aliphatic rings. The molecule has 0 amide bonds. The Bertz CT molecular complexity index is 761. The lowest BCUT2D eigenvalue weighted by Crippen LogP contribution is -2.29. The van der Waals surface area contributed by atoms with Crippen molar-refractivity contribution in [3.8, 4) is 11.5 Å². The number of benzene rings is 2. The normalized spacial score (nSPS) is 19.4. The quantitative estimate of drug-likeness (QED) is 0.499. The summed E-state index contributed by atoms with van der Waals surface area (Å²) in [6, 6.07) is 12.6. The van der Waals surface area contributed by atoms with Gasteiger partial charge in [0.2, 0.25) is 0 Å². The third kappa shape index (κ3) is 3.51. The van der Waals surface area contributed by atoms with Crippen LogP contribution in [0.2, 0.25) is 10.0 Å². The average Bonchev–Trinajstić information content (AvgIpc) is 3.02. The van der Waals surface area contributed by atoms with Crippen LogP contribution in [0.4, 0.5) is 0 Å². The Morgan fingerprint density at radius 3 is 2.38 bits per heavy atom. The van der Waals surface area contributed by atoms with Crippen molar-refractivity contribution < 1.29 is 14.2 Å². The van der Waals surface area contributed by atoms with Crippen molar-refractivity contribution in [1.82, 2.24) is 0 Å². The Morgan fingerprint density at radius 2 is 1.79 bits per heavy atom. The van der Waals surface area contributed by atoms with Crippen LogP contribution in [0.1, 0.15) is 18.9 Å². The molecule has 1 atom stereocenters. The first kappa shape index (κ1) is 17.5. The molecule has 0 bridgehead atoms. The van der Waals surface area contributed by atoms with Crippen LogP contribution in [0.5, 0.6) is 11.5 Å². The molecule has 2 aromatic carbocycles. The third-order valence-electron chi connectivity index (χ3n) is 3.60. The van der Waals surface area contributed by atoms with Crippen molar-refractivity contribution in [2.75, 3.05) is 5.33 Å². The second kappa shape index (κ2) is 7.26. The lowest BCUT2D eigenvalue weighted by molar-refractivity contribution is -0.135. The Morgan fingerprint density at radius 1 is 1.08 bits per heavy atom. The highest BCUT2D eigenvalue weighted by atomic mass is 79.9. The molecule has 0 fully saturated rings. The SMILES string of the molecule is CCC1=COC(CBr)(c2ccc(Oc3ccc(Cl)cc3)cc2Cl)O1. The van der Waals surface area contributed by atoms with Gasteiger partial charge < -0.3 is 14.2 Å². The molecule has 1 aliphatic heterocycles. The standard InChI is InChI=1S/C18H15BrCl2O3/c1-2-13-10-22-18(11-19,24-13)16-8-7-15(9-17(16)21)23-14-5-3-12(20)4-6-14/h3-10H,2,11H2,1H3. The number of ether oxygens (including phenoxy) is 3. The van der Waals surface area contributed by atoms with Gasteiger partial charge in [-0.1, -0.05) is 46.1 Å². The summed E-state index contributed by atoms with van der Waals surface area (Å²) in [7, 11) is 0. The zero-order chi connectivity index (χ0) is 17.2. The predicted octanol–water partition coefficient (Wildman–Crippen LogP) is 6.63. The van der Waals surface area contributed by atoms with Gasteiger partial charge in [0.15, 0.2) is 0 Å². The van der Waals surface area contributed by atoms with Crippen molar-refractivity contribution in [1.29, 1.82) is 0 Å². The fourth-order valence-corrected chi connectivity index (χ4v) is 3.32. The summed E-state index contributed by atoms with van der Waals surface area (Å²) < 4.78 is 17.5. The van der Waals surface area contributed by atoms with Crippen LogP contribution >= 0.6 is 39.1 Å². The number of halogens is 3. The summed E-state index contributed by atoms with van der Waals surface area (Å²) in [5.74, 6) is 1.15. The Labute approximate surface area is 159 Å². The van der Waals surface area contributed by atoms with Crippen LogP contribution in [0.3, 0.4) is 0 Å². The van der Waals surface area contributed by atoms with Crippen LogP contribution in [0.25, 0.3) is 0 Å². The molecular weight excluding hydrogens is 415 g/mol. The highest BCUT2D eigenvalue weighted by molar-refractivity contribution is 9.09. The Balaban J connectivity index is 1.83. The van der Waals surface area contributed by atoms with Gasteiger partial charge >= 0.3 is 0 Å². The summed E-state index contributed by atoms with van der Waals surface area (Å²) in [6.45, 7) is 2.00. The first-order chi connectivity index (χ1) is 11.6. The fraction of sp³-hybridized carbons (Fsp3) is 0.222. The third-order valence-corrected chi connectivity index (χ3v) is 4.90. The van der Waals surface area contributed by atoms with Crippen molar-refractivity contribution in [3.63, 3.8) is 0 Å². The van der Waals surface area contributed by atoms with Gasteiger partial charge in [0.05, 0.1) is 15.9 Å². The molecule has 0 saturated heterocycles. The second-order valence-corrected chi connectivity index (χ2v) is 6.65. The summed E-state index contributed by atoms with van der Waals surface area (Å²) >= 11 is 15.8. The molecule has 0 radical (unpaired) electrons. The number of hydrogen-bond acceptors (Lipinski definition) is 3. The van der Waals surface area contributed by atoms with Crippen LogP contribution < -0.4 is 4.74 Å². The average molecular weight is 430 g/mol. The maximum atomic E-state index is 6.46. The fourth-order valence-electron chi connectivity index (χ4n) is 2.33. The largest absolute Gasteiger partial charge is 0.457 e. The topological polar surface area (TPSA) is 27.7 Å². The predicted molar refractivity (Wildman–Crippen MR) is 99.0 cm³/mol. The molecule has 126 valence electrons.